The second-order valence-electron chi connectivity index (χ2n) is 9.29. The predicted molar refractivity (Wildman–Crippen MR) is 134 cm³/mol. The SMILES string of the molecule is NCCN1CCN(C(=O)NC(C(=O)N[C@H]2Cc3ccc(F)c(C(=O)O)c3OB2O)c2c(F)cc(O)cc2F)C(=O)C1=O. The fraction of sp³-hybridized carbons (Fsp3) is 0.292. The van der Waals surface area contributed by atoms with Gasteiger partial charge in [0.1, 0.15) is 40.6 Å². The number of halogens is 3. The molecule has 2 heterocycles. The molecule has 4 rings (SSSR count). The Hall–Kier alpha value is -4.84. The summed E-state index contributed by atoms with van der Waals surface area (Å²) in [5.41, 5.74) is 3.55. The molecule has 0 bridgehead atoms. The number of carboxylic acid groups (broad SMARTS) is 1. The Morgan fingerprint density at radius 2 is 1.76 bits per heavy atom. The van der Waals surface area contributed by atoms with Crippen molar-refractivity contribution in [2.24, 2.45) is 5.73 Å². The number of nitrogens with zero attached hydrogens (tertiary/aromatic N) is 2. The van der Waals surface area contributed by atoms with Crippen molar-refractivity contribution < 1.29 is 57.0 Å². The van der Waals surface area contributed by atoms with Crippen molar-refractivity contribution >= 4 is 36.8 Å². The molecule has 222 valence electrons. The molecule has 0 aliphatic carbocycles. The van der Waals surface area contributed by atoms with Gasteiger partial charge in [-0.25, -0.2) is 22.8 Å². The highest BCUT2D eigenvalue weighted by Crippen LogP contribution is 2.33. The number of nitrogens with two attached hydrogens (primary N) is 1. The highest BCUT2D eigenvalue weighted by Gasteiger charge is 2.42. The Bertz CT molecular complexity index is 1460. The molecule has 7 N–H and O–H groups in total. The van der Waals surface area contributed by atoms with Gasteiger partial charge < -0.3 is 41.2 Å². The van der Waals surface area contributed by atoms with Crippen LogP contribution in [0.5, 0.6) is 11.5 Å². The van der Waals surface area contributed by atoms with E-state index in [9.17, 15) is 52.4 Å². The fourth-order valence-corrected chi connectivity index (χ4v) is 4.58. The van der Waals surface area contributed by atoms with Gasteiger partial charge in [-0.05, 0) is 18.1 Å². The zero-order chi connectivity index (χ0) is 30.9. The van der Waals surface area contributed by atoms with Crippen LogP contribution in [0.2, 0.25) is 0 Å². The Morgan fingerprint density at radius 3 is 2.38 bits per heavy atom. The van der Waals surface area contributed by atoms with E-state index in [0.717, 1.165) is 17.0 Å². The molecule has 42 heavy (non-hydrogen) atoms. The first-order valence-corrected chi connectivity index (χ1v) is 12.3. The van der Waals surface area contributed by atoms with Crippen molar-refractivity contribution in [3.8, 4) is 11.5 Å². The molecule has 0 aromatic heterocycles. The van der Waals surface area contributed by atoms with E-state index in [0.29, 0.717) is 17.0 Å². The topological polar surface area (TPSA) is 212 Å². The van der Waals surface area contributed by atoms with Crippen molar-refractivity contribution in [1.82, 2.24) is 20.4 Å². The summed E-state index contributed by atoms with van der Waals surface area (Å²) in [6.45, 7) is -0.358. The molecule has 1 saturated heterocycles. The second kappa shape index (κ2) is 12.0. The van der Waals surface area contributed by atoms with Gasteiger partial charge in [-0.2, -0.15) is 0 Å². The summed E-state index contributed by atoms with van der Waals surface area (Å²) in [5.74, 6) is -12.2. The maximum Gasteiger partial charge on any atom is 0.547 e. The standard InChI is InChI=1S/C24H23BF3N5O9/c26-12-2-1-10-7-15(25(41)42-19(10)17(12)23(38)39)30-20(35)18(16-13(27)8-11(34)9-14(16)28)31-24(40)33-6-5-32(4-3-29)21(36)22(33)37/h1-2,8-9,15,18,34,41H,3-7,29H2,(H,30,35)(H,31,40)(H,38,39)/t15-,18?/m0/s1. The third kappa shape index (κ3) is 5.79. The number of benzene rings is 2. The van der Waals surface area contributed by atoms with Crippen molar-refractivity contribution in [2.45, 2.75) is 18.4 Å². The zero-order valence-corrected chi connectivity index (χ0v) is 21.5. The van der Waals surface area contributed by atoms with Crippen LogP contribution in [0.1, 0.15) is 27.5 Å². The minimum atomic E-state index is -2.22. The molecule has 5 amide bonds. The number of aromatic carboxylic acids is 1. The summed E-state index contributed by atoms with van der Waals surface area (Å²) in [6.07, 6.45) is -0.333. The Morgan fingerprint density at radius 1 is 1.10 bits per heavy atom. The van der Waals surface area contributed by atoms with Crippen LogP contribution in [0.4, 0.5) is 18.0 Å². The molecule has 0 spiro atoms. The number of carbonyl (C=O) groups excluding carboxylic acids is 4. The summed E-state index contributed by atoms with van der Waals surface area (Å²) in [5, 5.41) is 33.5. The highest BCUT2D eigenvalue weighted by molar-refractivity contribution is 6.47. The van der Waals surface area contributed by atoms with Crippen molar-refractivity contribution in [3.63, 3.8) is 0 Å². The lowest BCUT2D eigenvalue weighted by Crippen LogP contribution is -2.60. The number of urea groups is 1. The summed E-state index contributed by atoms with van der Waals surface area (Å²) in [6, 6.07) is -0.685. The number of fused-ring (bicyclic) bond motifs is 1. The monoisotopic (exact) mass is 593 g/mol. The number of aromatic hydroxyl groups is 1. The summed E-state index contributed by atoms with van der Waals surface area (Å²) < 4.78 is 48.9. The number of carbonyl (C=O) groups is 5. The van der Waals surface area contributed by atoms with E-state index in [4.69, 9.17) is 10.4 Å². The van der Waals surface area contributed by atoms with Crippen LogP contribution in [0.25, 0.3) is 0 Å². The summed E-state index contributed by atoms with van der Waals surface area (Å²) in [4.78, 5) is 64.2. The largest absolute Gasteiger partial charge is 0.547 e. The first-order valence-electron chi connectivity index (χ1n) is 12.3. The van der Waals surface area contributed by atoms with E-state index >= 15 is 0 Å². The number of phenolic OH excluding ortho intramolecular Hbond substituents is 1. The molecule has 2 aliphatic heterocycles. The van der Waals surface area contributed by atoms with Crippen molar-refractivity contribution in [2.75, 3.05) is 26.2 Å². The van der Waals surface area contributed by atoms with Crippen LogP contribution >= 0.6 is 0 Å². The van der Waals surface area contributed by atoms with Crippen LogP contribution < -0.4 is 21.0 Å². The first kappa shape index (κ1) is 30.1. The molecule has 2 aliphatic rings. The molecular formula is C24H23BF3N5O9. The van der Waals surface area contributed by atoms with Gasteiger partial charge in [-0.1, -0.05) is 6.07 Å². The average Bonchev–Trinajstić information content (AvgIpc) is 2.90. The number of phenols is 1. The Balaban J connectivity index is 1.61. The van der Waals surface area contributed by atoms with Crippen LogP contribution in [-0.2, 0) is 20.8 Å². The van der Waals surface area contributed by atoms with Gasteiger partial charge in [0.15, 0.2) is 0 Å². The fourth-order valence-electron chi connectivity index (χ4n) is 4.58. The lowest BCUT2D eigenvalue weighted by atomic mass is 9.72. The van der Waals surface area contributed by atoms with Crippen LogP contribution in [0, 0.1) is 17.5 Å². The number of hydrogen-bond acceptors (Lipinski definition) is 9. The first-order chi connectivity index (χ1) is 19.8. The average molecular weight is 593 g/mol. The molecule has 18 heteroatoms. The van der Waals surface area contributed by atoms with Gasteiger partial charge in [0.2, 0.25) is 5.91 Å². The minimum absolute atomic E-state index is 0.0323. The van der Waals surface area contributed by atoms with Crippen LogP contribution in [0.3, 0.4) is 0 Å². The highest BCUT2D eigenvalue weighted by atomic mass is 19.1. The number of nitrogens with one attached hydrogen (secondary N) is 2. The van der Waals surface area contributed by atoms with Crippen molar-refractivity contribution in [1.29, 1.82) is 0 Å². The van der Waals surface area contributed by atoms with Gasteiger partial charge >= 0.3 is 30.9 Å². The summed E-state index contributed by atoms with van der Waals surface area (Å²) in [7, 11) is -1.97. The van der Waals surface area contributed by atoms with E-state index in [-0.39, 0.29) is 38.2 Å². The number of amides is 5. The molecule has 2 aromatic rings. The molecule has 0 radical (unpaired) electrons. The minimum Gasteiger partial charge on any atom is -0.534 e. The van der Waals surface area contributed by atoms with E-state index in [1.807, 2.05) is 5.32 Å². The third-order valence-corrected chi connectivity index (χ3v) is 6.59. The number of hydrogen-bond donors (Lipinski definition) is 6. The zero-order valence-electron chi connectivity index (χ0n) is 21.5. The number of imide groups is 1. The second-order valence-corrected chi connectivity index (χ2v) is 9.29. The molecular weight excluding hydrogens is 570 g/mol. The van der Waals surface area contributed by atoms with Crippen LogP contribution in [-0.4, -0.2) is 94.0 Å². The van der Waals surface area contributed by atoms with Gasteiger partial charge in [0.05, 0.1) is 11.5 Å². The molecule has 2 atom stereocenters. The number of carboxylic acids is 1. The molecule has 0 saturated carbocycles. The number of rotatable bonds is 7. The molecule has 1 fully saturated rings. The smallest absolute Gasteiger partial charge is 0.534 e. The van der Waals surface area contributed by atoms with Gasteiger partial charge in [0, 0.05) is 38.3 Å². The molecule has 1 unspecified atom stereocenters. The van der Waals surface area contributed by atoms with Gasteiger partial charge in [-0.15, -0.1) is 0 Å². The van der Waals surface area contributed by atoms with E-state index in [1.165, 1.54) is 0 Å². The van der Waals surface area contributed by atoms with E-state index < -0.39 is 88.9 Å². The predicted octanol–water partition coefficient (Wildman–Crippen LogP) is -0.972. The Labute approximate surface area is 235 Å². The van der Waals surface area contributed by atoms with E-state index in [2.05, 4.69) is 5.32 Å². The van der Waals surface area contributed by atoms with Gasteiger partial charge in [0.25, 0.3) is 0 Å². The Kier molecular flexibility index (Phi) is 8.58. The quantitative estimate of drug-likeness (QED) is 0.171. The lowest BCUT2D eigenvalue weighted by Gasteiger charge is -2.33. The van der Waals surface area contributed by atoms with Crippen LogP contribution in [0.15, 0.2) is 24.3 Å². The lowest BCUT2D eigenvalue weighted by molar-refractivity contribution is -0.153. The summed E-state index contributed by atoms with van der Waals surface area (Å²) >= 11 is 0. The molecule has 2 aromatic carbocycles. The van der Waals surface area contributed by atoms with Gasteiger partial charge in [-0.3, -0.25) is 19.3 Å². The maximum atomic E-state index is 14.8. The maximum absolute atomic E-state index is 14.8. The molecule has 14 nitrogen and oxygen atoms in total. The normalized spacial score (nSPS) is 17.4. The van der Waals surface area contributed by atoms with Crippen molar-refractivity contribution in [3.05, 3.63) is 58.4 Å². The van der Waals surface area contributed by atoms with E-state index in [1.54, 1.807) is 0 Å². The third-order valence-electron chi connectivity index (χ3n) is 6.59. The number of piperazine rings is 1.